The van der Waals surface area contributed by atoms with Crippen LogP contribution < -0.4 is 10.1 Å². The van der Waals surface area contributed by atoms with Crippen molar-refractivity contribution in [3.05, 3.63) is 65.2 Å². The third kappa shape index (κ3) is 4.63. The van der Waals surface area contributed by atoms with Crippen LogP contribution in [0.4, 0.5) is 0 Å². The lowest BCUT2D eigenvalue weighted by atomic mass is 9.94. The van der Waals surface area contributed by atoms with E-state index in [9.17, 15) is 5.11 Å². The van der Waals surface area contributed by atoms with Crippen molar-refractivity contribution in [1.82, 2.24) is 20.4 Å². The molecule has 178 valence electrons. The number of nitrogens with zero attached hydrogens (tertiary/aromatic N) is 3. The molecule has 0 radical (unpaired) electrons. The van der Waals surface area contributed by atoms with Gasteiger partial charge in [-0.2, -0.15) is 4.98 Å². The van der Waals surface area contributed by atoms with Crippen LogP contribution in [0.15, 0.2) is 52.7 Å². The molecular formula is C26H30N4O3S. The van der Waals surface area contributed by atoms with Crippen LogP contribution >= 0.6 is 12.2 Å². The first-order valence-corrected chi connectivity index (χ1v) is 11.8. The molecule has 0 amide bonds. The number of hydrogen-bond donors (Lipinski definition) is 2. The van der Waals surface area contributed by atoms with Crippen LogP contribution in [0, 0.1) is 5.92 Å². The average molecular weight is 479 g/mol. The molecule has 2 heterocycles. The lowest BCUT2D eigenvalue weighted by Gasteiger charge is -2.38. The van der Waals surface area contributed by atoms with Crippen LogP contribution in [-0.2, 0) is 6.42 Å². The fourth-order valence-corrected chi connectivity index (χ4v) is 4.45. The van der Waals surface area contributed by atoms with Crippen LogP contribution in [0.25, 0.3) is 17.0 Å². The van der Waals surface area contributed by atoms with Crippen molar-refractivity contribution in [2.45, 2.75) is 40.2 Å². The van der Waals surface area contributed by atoms with E-state index in [1.165, 1.54) is 12.7 Å². The molecule has 0 bridgehead atoms. The van der Waals surface area contributed by atoms with Crippen LogP contribution in [0.5, 0.6) is 11.5 Å². The zero-order valence-corrected chi connectivity index (χ0v) is 20.9. The average Bonchev–Trinajstić information content (AvgIpc) is 3.31. The summed E-state index contributed by atoms with van der Waals surface area (Å²) in [6, 6.07) is 13.1. The number of methoxy groups -OCH3 is 1. The van der Waals surface area contributed by atoms with Gasteiger partial charge >= 0.3 is 0 Å². The maximum atomic E-state index is 10.4. The smallest absolute Gasteiger partial charge is 0.258 e. The monoisotopic (exact) mass is 478 g/mol. The highest BCUT2D eigenvalue weighted by Crippen LogP contribution is 2.40. The third-order valence-electron chi connectivity index (χ3n) is 5.96. The highest BCUT2D eigenvalue weighted by molar-refractivity contribution is 7.80. The van der Waals surface area contributed by atoms with E-state index < -0.39 is 0 Å². The Kier molecular flexibility index (Phi) is 6.88. The Morgan fingerprint density at radius 2 is 1.94 bits per heavy atom. The molecule has 8 heteroatoms. The zero-order valence-electron chi connectivity index (χ0n) is 20.1. The first-order chi connectivity index (χ1) is 16.3. The predicted molar refractivity (Wildman–Crippen MR) is 136 cm³/mol. The number of allylic oxidation sites excluding steroid dienone is 1. The molecule has 0 saturated carbocycles. The van der Waals surface area contributed by atoms with E-state index in [2.05, 4.69) is 48.3 Å². The van der Waals surface area contributed by atoms with Gasteiger partial charge in [0.1, 0.15) is 0 Å². The fourth-order valence-electron chi connectivity index (χ4n) is 4.12. The number of phenols is 1. The molecule has 0 fully saturated rings. The van der Waals surface area contributed by atoms with Crippen molar-refractivity contribution in [1.29, 1.82) is 0 Å². The maximum absolute atomic E-state index is 10.4. The summed E-state index contributed by atoms with van der Waals surface area (Å²) in [4.78, 5) is 6.81. The van der Waals surface area contributed by atoms with Crippen molar-refractivity contribution < 1.29 is 14.4 Å². The Hall–Kier alpha value is -3.39. The molecule has 1 aromatic heterocycles. The summed E-state index contributed by atoms with van der Waals surface area (Å²) in [5.74, 6) is 1.79. The number of aromatic hydroxyl groups is 1. The van der Waals surface area contributed by atoms with Crippen molar-refractivity contribution in [3.8, 4) is 22.9 Å². The SMILES string of the molecule is CCc1ccc(-c2noc(C3=C(C)N(CC(C)C)C(=S)NC3c3ccc(OC)c(O)c3)n2)cc1. The first-order valence-electron chi connectivity index (χ1n) is 11.4. The van der Waals surface area contributed by atoms with Crippen molar-refractivity contribution in [3.63, 3.8) is 0 Å². The quantitative estimate of drug-likeness (QED) is 0.441. The standard InChI is InChI=1S/C26H30N4O3S/c1-6-17-7-9-18(10-8-17)24-28-25(33-29-24)22-16(4)30(14-15(2)3)26(34)27-23(22)19-11-12-21(32-5)20(31)13-19/h7-13,15,23,31H,6,14H2,1-5H3,(H,27,34). The van der Waals surface area contributed by atoms with Gasteiger partial charge in [-0.05, 0) is 54.7 Å². The Bertz CT molecular complexity index is 1220. The molecule has 1 atom stereocenters. The van der Waals surface area contributed by atoms with E-state index in [1.807, 2.05) is 25.1 Å². The lowest BCUT2D eigenvalue weighted by molar-refractivity contribution is 0.371. The highest BCUT2D eigenvalue weighted by Gasteiger charge is 2.34. The third-order valence-corrected chi connectivity index (χ3v) is 6.30. The minimum Gasteiger partial charge on any atom is -0.504 e. The summed E-state index contributed by atoms with van der Waals surface area (Å²) in [5.41, 5.74) is 4.71. The van der Waals surface area contributed by atoms with E-state index in [-0.39, 0.29) is 11.8 Å². The number of ether oxygens (including phenoxy) is 1. The second kappa shape index (κ2) is 9.85. The minimum atomic E-state index is -0.372. The number of rotatable bonds is 7. The number of nitrogens with one attached hydrogen (secondary N) is 1. The summed E-state index contributed by atoms with van der Waals surface area (Å²) in [5, 5.41) is 18.7. The largest absolute Gasteiger partial charge is 0.504 e. The van der Waals surface area contributed by atoms with Gasteiger partial charge in [0, 0.05) is 17.8 Å². The molecule has 0 saturated heterocycles. The Morgan fingerprint density at radius 1 is 1.21 bits per heavy atom. The zero-order chi connectivity index (χ0) is 24.4. The van der Waals surface area contributed by atoms with E-state index in [0.717, 1.165) is 35.4 Å². The molecule has 3 aromatic rings. The van der Waals surface area contributed by atoms with Gasteiger partial charge in [-0.25, -0.2) is 0 Å². The van der Waals surface area contributed by atoms with Crippen molar-refractivity contribution in [2.24, 2.45) is 5.92 Å². The van der Waals surface area contributed by atoms with E-state index in [0.29, 0.717) is 28.5 Å². The second-order valence-corrected chi connectivity index (χ2v) is 9.18. The molecule has 2 N–H and O–H groups in total. The van der Waals surface area contributed by atoms with Crippen LogP contribution in [0.1, 0.15) is 50.8 Å². The van der Waals surface area contributed by atoms with Gasteiger partial charge in [0.2, 0.25) is 5.82 Å². The molecule has 2 aromatic carbocycles. The summed E-state index contributed by atoms with van der Waals surface area (Å²) in [6.07, 6.45) is 0.970. The van der Waals surface area contributed by atoms with Crippen molar-refractivity contribution in [2.75, 3.05) is 13.7 Å². The Labute approximate surface area is 205 Å². The lowest BCUT2D eigenvalue weighted by Crippen LogP contribution is -2.47. The molecule has 0 aliphatic carbocycles. The number of aromatic nitrogens is 2. The Balaban J connectivity index is 1.80. The molecule has 7 nitrogen and oxygen atoms in total. The molecule has 4 rings (SSSR count). The van der Waals surface area contributed by atoms with Gasteiger partial charge in [0.25, 0.3) is 5.89 Å². The highest BCUT2D eigenvalue weighted by atomic mass is 32.1. The number of aryl methyl sites for hydroxylation is 1. The summed E-state index contributed by atoms with van der Waals surface area (Å²) in [7, 11) is 1.52. The number of benzene rings is 2. The summed E-state index contributed by atoms with van der Waals surface area (Å²) in [6.45, 7) is 9.18. The normalized spacial score (nSPS) is 16.2. The van der Waals surface area contributed by atoms with Crippen LogP contribution in [-0.4, -0.2) is 38.9 Å². The summed E-state index contributed by atoms with van der Waals surface area (Å²) >= 11 is 5.72. The number of thiocarbonyl (C=S) groups is 1. The van der Waals surface area contributed by atoms with E-state index >= 15 is 0 Å². The Morgan fingerprint density at radius 3 is 2.56 bits per heavy atom. The topological polar surface area (TPSA) is 83.7 Å². The second-order valence-electron chi connectivity index (χ2n) is 8.79. The van der Waals surface area contributed by atoms with Crippen LogP contribution in [0.2, 0.25) is 0 Å². The van der Waals surface area contributed by atoms with Gasteiger partial charge in [0.05, 0.1) is 18.7 Å². The molecule has 1 aliphatic heterocycles. The molecular weight excluding hydrogens is 448 g/mol. The minimum absolute atomic E-state index is 0.0524. The number of hydrogen-bond acceptors (Lipinski definition) is 6. The molecule has 34 heavy (non-hydrogen) atoms. The molecule has 0 spiro atoms. The van der Waals surface area contributed by atoms with Gasteiger partial charge < -0.3 is 24.6 Å². The number of phenolic OH excluding ortho intramolecular Hbond substituents is 1. The fraction of sp³-hybridized carbons (Fsp3) is 0.346. The first kappa shape index (κ1) is 23.8. The van der Waals surface area contributed by atoms with E-state index in [4.69, 9.17) is 26.5 Å². The van der Waals surface area contributed by atoms with Crippen molar-refractivity contribution >= 4 is 22.9 Å². The predicted octanol–water partition coefficient (Wildman–Crippen LogP) is 5.33. The maximum Gasteiger partial charge on any atom is 0.258 e. The molecule has 1 aliphatic rings. The van der Waals surface area contributed by atoms with E-state index in [1.54, 1.807) is 12.1 Å². The van der Waals surface area contributed by atoms with Gasteiger partial charge in [-0.1, -0.05) is 56.3 Å². The van der Waals surface area contributed by atoms with Gasteiger partial charge in [0.15, 0.2) is 16.6 Å². The van der Waals surface area contributed by atoms with Gasteiger partial charge in [-0.3, -0.25) is 0 Å². The molecule has 1 unspecified atom stereocenters. The summed E-state index contributed by atoms with van der Waals surface area (Å²) < 4.78 is 11.0. The van der Waals surface area contributed by atoms with Crippen LogP contribution in [0.3, 0.4) is 0 Å². The van der Waals surface area contributed by atoms with Gasteiger partial charge in [-0.15, -0.1) is 0 Å².